The maximum Gasteiger partial charge on any atom is 0.261 e. The zero-order valence-electron chi connectivity index (χ0n) is 11.6. The van der Waals surface area contributed by atoms with Crippen molar-refractivity contribution in [2.75, 3.05) is 5.32 Å². The number of nitriles is 1. The van der Waals surface area contributed by atoms with Gasteiger partial charge in [0.2, 0.25) is 5.91 Å². The van der Waals surface area contributed by atoms with Crippen LogP contribution >= 0.6 is 11.3 Å². The molecule has 0 fully saturated rings. The summed E-state index contributed by atoms with van der Waals surface area (Å²) in [5.74, 6) is -0.934. The van der Waals surface area contributed by atoms with Crippen LogP contribution in [0.25, 0.3) is 10.9 Å². The van der Waals surface area contributed by atoms with Crippen LogP contribution in [0.5, 0.6) is 0 Å². The van der Waals surface area contributed by atoms with E-state index in [9.17, 15) is 14.0 Å². The maximum absolute atomic E-state index is 13.1. The van der Waals surface area contributed by atoms with Gasteiger partial charge in [-0.05, 0) is 23.6 Å². The van der Waals surface area contributed by atoms with Crippen LogP contribution in [-0.4, -0.2) is 15.5 Å². The normalized spacial score (nSPS) is 10.4. The number of thiophene rings is 1. The summed E-state index contributed by atoms with van der Waals surface area (Å²) in [6.45, 7) is -0.248. The summed E-state index contributed by atoms with van der Waals surface area (Å²) >= 11 is 1.22. The minimum Gasteiger partial charge on any atom is -0.315 e. The number of nitrogens with one attached hydrogen (secondary N) is 1. The zero-order chi connectivity index (χ0) is 16.4. The van der Waals surface area contributed by atoms with Crippen molar-refractivity contribution in [3.63, 3.8) is 0 Å². The average molecular weight is 328 g/mol. The highest BCUT2D eigenvalue weighted by Crippen LogP contribution is 2.21. The Kier molecular flexibility index (Phi) is 3.87. The highest BCUT2D eigenvalue weighted by molar-refractivity contribution is 7.14. The molecule has 6 nitrogen and oxygen atoms in total. The number of hydrogen-bond donors (Lipinski definition) is 1. The van der Waals surface area contributed by atoms with E-state index in [-0.39, 0.29) is 17.4 Å². The van der Waals surface area contributed by atoms with Crippen molar-refractivity contribution in [2.24, 2.45) is 0 Å². The van der Waals surface area contributed by atoms with Gasteiger partial charge < -0.3 is 5.32 Å². The van der Waals surface area contributed by atoms with Gasteiger partial charge in [0.15, 0.2) is 0 Å². The molecule has 0 saturated carbocycles. The van der Waals surface area contributed by atoms with E-state index in [1.807, 2.05) is 6.07 Å². The molecule has 0 bridgehead atoms. The van der Waals surface area contributed by atoms with Gasteiger partial charge in [-0.2, -0.15) is 5.26 Å². The maximum atomic E-state index is 13.1. The molecule has 0 aliphatic heterocycles. The second kappa shape index (κ2) is 5.98. The van der Waals surface area contributed by atoms with Gasteiger partial charge in [0.25, 0.3) is 5.56 Å². The lowest BCUT2D eigenvalue weighted by atomic mass is 10.2. The molecule has 3 rings (SSSR count). The smallest absolute Gasteiger partial charge is 0.261 e. The summed E-state index contributed by atoms with van der Waals surface area (Å²) in [4.78, 5) is 28.3. The van der Waals surface area contributed by atoms with Gasteiger partial charge in [0, 0.05) is 6.07 Å². The van der Waals surface area contributed by atoms with E-state index in [0.29, 0.717) is 10.6 Å². The van der Waals surface area contributed by atoms with Gasteiger partial charge in [-0.1, -0.05) is 0 Å². The molecule has 1 aromatic carbocycles. The number of aromatic nitrogens is 2. The molecule has 1 amide bonds. The van der Waals surface area contributed by atoms with Gasteiger partial charge in [-0.15, -0.1) is 11.3 Å². The molecule has 114 valence electrons. The number of amides is 1. The van der Waals surface area contributed by atoms with Crippen LogP contribution in [0.3, 0.4) is 0 Å². The third kappa shape index (κ3) is 2.95. The Morgan fingerprint density at radius 1 is 1.43 bits per heavy atom. The van der Waals surface area contributed by atoms with Crippen LogP contribution in [0.15, 0.2) is 40.8 Å². The van der Waals surface area contributed by atoms with Crippen molar-refractivity contribution >= 4 is 33.1 Å². The topological polar surface area (TPSA) is 87.8 Å². The second-order valence-corrected chi connectivity index (χ2v) is 5.58. The Labute approximate surface area is 133 Å². The standard InChI is InChI=1S/C15H9FN4O2S/c16-10-1-2-11-12(5-10)18-8-20(15(11)22)7-13(21)19-14-9(6-17)3-4-23-14/h1-5,8H,7H2,(H,19,21). The van der Waals surface area contributed by atoms with E-state index in [0.717, 1.165) is 10.6 Å². The van der Waals surface area contributed by atoms with Crippen molar-refractivity contribution in [3.05, 3.63) is 57.7 Å². The van der Waals surface area contributed by atoms with Crippen LogP contribution in [0.2, 0.25) is 0 Å². The number of fused-ring (bicyclic) bond motifs is 1. The van der Waals surface area contributed by atoms with Gasteiger partial charge in [0.05, 0.1) is 22.8 Å². The third-order valence-corrected chi connectivity index (χ3v) is 3.97. The van der Waals surface area contributed by atoms with Crippen molar-refractivity contribution in [1.29, 1.82) is 5.26 Å². The summed E-state index contributed by atoms with van der Waals surface area (Å²) in [5, 5.41) is 13.8. The largest absolute Gasteiger partial charge is 0.315 e. The van der Waals surface area contributed by atoms with E-state index < -0.39 is 17.3 Å². The minimum atomic E-state index is -0.485. The predicted octanol–water partition coefficient (Wildman–Crippen LogP) is 2.11. The molecule has 0 saturated heterocycles. The van der Waals surface area contributed by atoms with Crippen molar-refractivity contribution in [1.82, 2.24) is 9.55 Å². The van der Waals surface area contributed by atoms with E-state index in [4.69, 9.17) is 5.26 Å². The van der Waals surface area contributed by atoms with Crippen LogP contribution in [0.4, 0.5) is 9.39 Å². The quantitative estimate of drug-likeness (QED) is 0.797. The van der Waals surface area contributed by atoms with Crippen LogP contribution in [0, 0.1) is 17.1 Å². The van der Waals surface area contributed by atoms with Crippen molar-refractivity contribution in [2.45, 2.75) is 6.54 Å². The summed E-state index contributed by atoms with van der Waals surface area (Å²) in [6, 6.07) is 7.22. The van der Waals surface area contributed by atoms with Crippen LogP contribution < -0.4 is 10.9 Å². The predicted molar refractivity (Wildman–Crippen MR) is 83.6 cm³/mol. The first kappa shape index (κ1) is 14.9. The SMILES string of the molecule is N#Cc1ccsc1NC(=O)Cn1cnc2cc(F)ccc2c1=O. The van der Waals surface area contributed by atoms with E-state index in [2.05, 4.69) is 10.3 Å². The molecule has 2 aromatic heterocycles. The average Bonchev–Trinajstić information content (AvgIpc) is 2.97. The number of carbonyl (C=O) groups excluding carboxylic acids is 1. The third-order valence-electron chi connectivity index (χ3n) is 3.14. The number of nitrogens with zero attached hydrogens (tertiary/aromatic N) is 3. The molecule has 8 heteroatoms. The Bertz CT molecular complexity index is 1000. The number of benzene rings is 1. The number of halogens is 1. The summed E-state index contributed by atoms with van der Waals surface area (Å²) in [5.41, 5.74) is 0.163. The first-order valence-electron chi connectivity index (χ1n) is 6.50. The molecule has 3 aromatic rings. The number of anilines is 1. The first-order valence-corrected chi connectivity index (χ1v) is 7.38. The van der Waals surface area contributed by atoms with E-state index in [1.165, 1.54) is 29.8 Å². The highest BCUT2D eigenvalue weighted by Gasteiger charge is 2.11. The highest BCUT2D eigenvalue weighted by atomic mass is 32.1. The van der Waals surface area contributed by atoms with Gasteiger partial charge in [-0.25, -0.2) is 9.37 Å². The molecule has 0 spiro atoms. The molecule has 1 N–H and O–H groups in total. The molecule has 2 heterocycles. The van der Waals surface area contributed by atoms with Crippen LogP contribution in [0.1, 0.15) is 5.56 Å². The van der Waals surface area contributed by atoms with Gasteiger partial charge >= 0.3 is 0 Å². The lowest BCUT2D eigenvalue weighted by molar-refractivity contribution is -0.116. The molecule has 0 unspecified atom stereocenters. The Balaban J connectivity index is 1.86. The lowest BCUT2D eigenvalue weighted by Gasteiger charge is -2.07. The second-order valence-electron chi connectivity index (χ2n) is 4.66. The fourth-order valence-corrected chi connectivity index (χ4v) is 2.81. The van der Waals surface area contributed by atoms with Gasteiger partial charge in [0.1, 0.15) is 23.4 Å². The Morgan fingerprint density at radius 2 is 2.26 bits per heavy atom. The fourth-order valence-electron chi connectivity index (χ4n) is 2.06. The van der Waals surface area contributed by atoms with E-state index in [1.54, 1.807) is 11.4 Å². The summed E-state index contributed by atoms with van der Waals surface area (Å²) in [7, 11) is 0. The molecular weight excluding hydrogens is 319 g/mol. The van der Waals surface area contributed by atoms with Gasteiger partial charge in [-0.3, -0.25) is 14.2 Å². The summed E-state index contributed by atoms with van der Waals surface area (Å²) in [6.07, 6.45) is 1.20. The molecule has 0 aliphatic carbocycles. The summed E-state index contributed by atoms with van der Waals surface area (Å²) < 4.78 is 14.3. The van der Waals surface area contributed by atoms with E-state index >= 15 is 0 Å². The van der Waals surface area contributed by atoms with Crippen LogP contribution in [-0.2, 0) is 11.3 Å². The number of hydrogen-bond acceptors (Lipinski definition) is 5. The molecule has 0 aliphatic rings. The van der Waals surface area contributed by atoms with Crippen molar-refractivity contribution in [3.8, 4) is 6.07 Å². The molecule has 23 heavy (non-hydrogen) atoms. The first-order chi connectivity index (χ1) is 11.1. The minimum absolute atomic E-state index is 0.232. The number of carbonyl (C=O) groups is 1. The molecular formula is C15H9FN4O2S. The zero-order valence-corrected chi connectivity index (χ0v) is 12.4. The fraction of sp³-hybridized carbons (Fsp3) is 0.0667. The monoisotopic (exact) mass is 328 g/mol. The van der Waals surface area contributed by atoms with Crippen molar-refractivity contribution < 1.29 is 9.18 Å². The lowest BCUT2D eigenvalue weighted by Crippen LogP contribution is -2.27. The number of rotatable bonds is 3. The molecule has 0 radical (unpaired) electrons. The Hall–Kier alpha value is -3.05. The Morgan fingerprint density at radius 3 is 3.04 bits per heavy atom. The molecule has 0 atom stereocenters.